The van der Waals surface area contributed by atoms with Crippen LogP contribution in [0.25, 0.3) is 6.08 Å². The number of carbonyl (C=O) groups excluding carboxylic acids is 3. The minimum absolute atomic E-state index is 0.0906. The van der Waals surface area contributed by atoms with Crippen LogP contribution in [0.15, 0.2) is 48.0 Å². The summed E-state index contributed by atoms with van der Waals surface area (Å²) in [7, 11) is 0. The lowest BCUT2D eigenvalue weighted by atomic mass is 10.0. The molecule has 1 saturated heterocycles. The molecule has 0 bridgehead atoms. The maximum absolute atomic E-state index is 13.1. The van der Waals surface area contributed by atoms with Crippen molar-refractivity contribution in [1.82, 2.24) is 5.32 Å². The van der Waals surface area contributed by atoms with Crippen molar-refractivity contribution in [2.45, 2.75) is 27.7 Å². The van der Waals surface area contributed by atoms with Gasteiger partial charge in [-0.15, -0.1) is 0 Å². The first-order chi connectivity index (χ1) is 14.9. The summed E-state index contributed by atoms with van der Waals surface area (Å²) >= 11 is 0. The second kappa shape index (κ2) is 9.47. The number of barbiturate groups is 1. The van der Waals surface area contributed by atoms with Gasteiger partial charge in [0, 0.05) is 18.8 Å². The Hall–Kier alpha value is -3.61. The molecule has 0 spiro atoms. The number of nitrogens with one attached hydrogen (secondary N) is 1. The third kappa shape index (κ3) is 4.60. The molecule has 0 saturated carbocycles. The highest BCUT2D eigenvalue weighted by molar-refractivity contribution is 6.39. The van der Waals surface area contributed by atoms with Gasteiger partial charge in [-0.2, -0.15) is 0 Å². The van der Waals surface area contributed by atoms with Gasteiger partial charge in [0.1, 0.15) is 11.3 Å². The first kappa shape index (κ1) is 22.1. The smallest absolute Gasteiger partial charge is 0.335 e. The lowest BCUT2D eigenvalue weighted by molar-refractivity contribution is -0.122. The van der Waals surface area contributed by atoms with Crippen molar-refractivity contribution in [1.29, 1.82) is 0 Å². The van der Waals surface area contributed by atoms with Crippen molar-refractivity contribution < 1.29 is 19.1 Å². The summed E-state index contributed by atoms with van der Waals surface area (Å²) in [6.45, 7) is 10.3. The average molecular weight is 421 g/mol. The molecule has 3 rings (SSSR count). The van der Waals surface area contributed by atoms with E-state index in [0.29, 0.717) is 18.0 Å². The van der Waals surface area contributed by atoms with Gasteiger partial charge >= 0.3 is 6.03 Å². The Kier molecular flexibility index (Phi) is 6.74. The van der Waals surface area contributed by atoms with Crippen LogP contribution in [0.1, 0.15) is 31.9 Å². The SMILES string of the molecule is CCOc1ccc(N2C(=O)NC(=O)/C(=C/c3ccc(N(CC)CC)cc3C)C2=O)cc1. The molecule has 2 aromatic rings. The molecule has 2 aromatic carbocycles. The zero-order valence-electron chi connectivity index (χ0n) is 18.3. The standard InChI is InChI=1S/C24H27N3O4/c1-5-26(6-2)19-9-8-17(16(4)14-19)15-21-22(28)25-24(30)27(23(21)29)18-10-12-20(13-11-18)31-7-3/h8-15H,5-7H2,1-4H3,(H,25,28,30)/b21-15-. The van der Waals surface area contributed by atoms with Crippen LogP contribution in [-0.2, 0) is 9.59 Å². The third-order valence-corrected chi connectivity index (χ3v) is 5.19. The fourth-order valence-electron chi connectivity index (χ4n) is 3.51. The van der Waals surface area contributed by atoms with Gasteiger partial charge < -0.3 is 9.64 Å². The molecule has 1 fully saturated rings. The van der Waals surface area contributed by atoms with E-state index in [2.05, 4.69) is 24.1 Å². The highest BCUT2D eigenvalue weighted by Gasteiger charge is 2.36. The fraction of sp³-hybridized carbons (Fsp3) is 0.292. The molecule has 7 nitrogen and oxygen atoms in total. The molecule has 1 heterocycles. The van der Waals surface area contributed by atoms with Crippen molar-refractivity contribution in [3.63, 3.8) is 0 Å². The van der Waals surface area contributed by atoms with Crippen LogP contribution in [0.3, 0.4) is 0 Å². The summed E-state index contributed by atoms with van der Waals surface area (Å²) in [5.74, 6) is -0.735. The number of carbonyl (C=O) groups is 3. The number of hydrogen-bond donors (Lipinski definition) is 1. The minimum Gasteiger partial charge on any atom is -0.494 e. The van der Waals surface area contributed by atoms with E-state index in [0.717, 1.165) is 34.8 Å². The zero-order chi connectivity index (χ0) is 22.5. The van der Waals surface area contributed by atoms with Gasteiger partial charge in [0.15, 0.2) is 0 Å². The highest BCUT2D eigenvalue weighted by atomic mass is 16.5. The van der Waals surface area contributed by atoms with Crippen molar-refractivity contribution in [2.24, 2.45) is 0 Å². The van der Waals surface area contributed by atoms with Crippen molar-refractivity contribution in [3.05, 3.63) is 59.2 Å². The summed E-state index contributed by atoms with van der Waals surface area (Å²) in [4.78, 5) is 41.1. The van der Waals surface area contributed by atoms with Crippen molar-refractivity contribution in [3.8, 4) is 5.75 Å². The zero-order valence-corrected chi connectivity index (χ0v) is 18.3. The second-order valence-electron chi connectivity index (χ2n) is 7.10. The van der Waals surface area contributed by atoms with Crippen molar-refractivity contribution >= 4 is 35.3 Å². The molecule has 162 valence electrons. The van der Waals surface area contributed by atoms with Crippen LogP contribution in [0.5, 0.6) is 5.75 Å². The Morgan fingerprint density at radius 2 is 1.68 bits per heavy atom. The number of ether oxygens (including phenoxy) is 1. The largest absolute Gasteiger partial charge is 0.494 e. The predicted molar refractivity (Wildman–Crippen MR) is 121 cm³/mol. The van der Waals surface area contributed by atoms with Gasteiger partial charge in [0.2, 0.25) is 0 Å². The molecule has 0 aromatic heterocycles. The lowest BCUT2D eigenvalue weighted by Crippen LogP contribution is -2.54. The summed E-state index contributed by atoms with van der Waals surface area (Å²) in [5, 5.41) is 2.26. The summed E-state index contributed by atoms with van der Waals surface area (Å²) in [5.41, 5.74) is 3.03. The summed E-state index contributed by atoms with van der Waals surface area (Å²) in [6, 6.07) is 11.7. The molecule has 7 heteroatoms. The lowest BCUT2D eigenvalue weighted by Gasteiger charge is -2.26. The number of nitrogens with zero attached hydrogens (tertiary/aromatic N) is 2. The molecular weight excluding hydrogens is 394 g/mol. The third-order valence-electron chi connectivity index (χ3n) is 5.19. The Morgan fingerprint density at radius 3 is 2.26 bits per heavy atom. The topological polar surface area (TPSA) is 79.0 Å². The van der Waals surface area contributed by atoms with Gasteiger partial charge in [0.05, 0.1) is 12.3 Å². The molecule has 1 aliphatic heterocycles. The van der Waals surface area contributed by atoms with Gasteiger partial charge in [-0.05, 0) is 81.3 Å². The number of anilines is 2. The van der Waals surface area contributed by atoms with E-state index in [1.54, 1.807) is 24.3 Å². The molecule has 0 radical (unpaired) electrons. The first-order valence-corrected chi connectivity index (χ1v) is 10.4. The van der Waals surface area contributed by atoms with E-state index in [4.69, 9.17) is 4.74 Å². The van der Waals surface area contributed by atoms with Crippen molar-refractivity contribution in [2.75, 3.05) is 29.5 Å². The van der Waals surface area contributed by atoms with E-state index < -0.39 is 17.8 Å². The molecule has 4 amide bonds. The first-order valence-electron chi connectivity index (χ1n) is 10.4. The fourth-order valence-corrected chi connectivity index (χ4v) is 3.51. The van der Waals surface area contributed by atoms with E-state index >= 15 is 0 Å². The molecule has 0 atom stereocenters. The van der Waals surface area contributed by atoms with Crippen LogP contribution in [0, 0.1) is 6.92 Å². The average Bonchev–Trinajstić information content (AvgIpc) is 2.74. The Bertz CT molecular complexity index is 1020. The molecule has 1 N–H and O–H groups in total. The maximum atomic E-state index is 13.1. The van der Waals surface area contributed by atoms with Gasteiger partial charge in [-0.1, -0.05) is 6.07 Å². The number of imide groups is 2. The van der Waals surface area contributed by atoms with E-state index in [1.165, 1.54) is 6.08 Å². The van der Waals surface area contributed by atoms with E-state index in [-0.39, 0.29) is 5.57 Å². The monoisotopic (exact) mass is 421 g/mol. The van der Waals surface area contributed by atoms with Gasteiger partial charge in [-0.25, -0.2) is 9.69 Å². The predicted octanol–water partition coefficient (Wildman–Crippen LogP) is 3.91. The number of amides is 4. The number of urea groups is 1. The maximum Gasteiger partial charge on any atom is 0.335 e. The molecule has 0 aliphatic carbocycles. The molecular formula is C24H27N3O4. The number of rotatable bonds is 7. The Morgan fingerprint density at radius 1 is 1.00 bits per heavy atom. The quantitative estimate of drug-likeness (QED) is 0.542. The van der Waals surface area contributed by atoms with E-state index in [9.17, 15) is 14.4 Å². The summed E-state index contributed by atoms with van der Waals surface area (Å²) in [6.07, 6.45) is 1.53. The molecule has 1 aliphatic rings. The number of hydrogen-bond acceptors (Lipinski definition) is 5. The number of benzene rings is 2. The van der Waals surface area contributed by atoms with Crippen LogP contribution >= 0.6 is 0 Å². The molecule has 31 heavy (non-hydrogen) atoms. The van der Waals surface area contributed by atoms with Gasteiger partial charge in [-0.3, -0.25) is 14.9 Å². The van der Waals surface area contributed by atoms with Crippen LogP contribution in [-0.4, -0.2) is 37.5 Å². The minimum atomic E-state index is -0.773. The van der Waals surface area contributed by atoms with Gasteiger partial charge in [0.25, 0.3) is 11.8 Å². The van der Waals surface area contributed by atoms with Crippen LogP contribution in [0.4, 0.5) is 16.2 Å². The Balaban J connectivity index is 1.93. The Labute approximate surface area is 182 Å². The normalized spacial score (nSPS) is 15.3. The van der Waals surface area contributed by atoms with Crippen LogP contribution in [0.2, 0.25) is 0 Å². The summed E-state index contributed by atoms with van der Waals surface area (Å²) < 4.78 is 5.40. The van der Waals surface area contributed by atoms with E-state index in [1.807, 2.05) is 32.0 Å². The number of aryl methyl sites for hydroxylation is 1. The van der Waals surface area contributed by atoms with Crippen LogP contribution < -0.4 is 19.9 Å². The molecule has 0 unspecified atom stereocenters. The second-order valence-corrected chi connectivity index (χ2v) is 7.10. The highest BCUT2D eigenvalue weighted by Crippen LogP contribution is 2.26.